The summed E-state index contributed by atoms with van der Waals surface area (Å²) in [5.41, 5.74) is 2.09. The molecule has 24 heavy (non-hydrogen) atoms. The van der Waals surface area contributed by atoms with Gasteiger partial charge in [0.25, 0.3) is 0 Å². The summed E-state index contributed by atoms with van der Waals surface area (Å²) >= 11 is 0. The Morgan fingerprint density at radius 3 is 2.54 bits per heavy atom. The molecule has 0 fully saturated rings. The van der Waals surface area contributed by atoms with Crippen LogP contribution < -0.4 is 5.32 Å². The van der Waals surface area contributed by atoms with Crippen LogP contribution in [0.5, 0.6) is 0 Å². The molecule has 3 rings (SSSR count). The van der Waals surface area contributed by atoms with E-state index in [0.29, 0.717) is 12.1 Å². The fraction of sp³-hybridized carbons (Fsp3) is 0.111. The molecule has 1 aromatic heterocycles. The van der Waals surface area contributed by atoms with Crippen LogP contribution in [0.1, 0.15) is 11.1 Å². The minimum Gasteiger partial charge on any atom is -0.352 e. The van der Waals surface area contributed by atoms with Gasteiger partial charge in [0.15, 0.2) is 0 Å². The van der Waals surface area contributed by atoms with Gasteiger partial charge in [-0.25, -0.2) is 13.5 Å². The number of carbonyl (C=O) groups is 1. The third-order valence-electron chi connectivity index (χ3n) is 3.46. The number of nitrogens with zero attached hydrogens (tertiary/aromatic N) is 2. The van der Waals surface area contributed by atoms with Gasteiger partial charge in [0.1, 0.15) is 11.6 Å². The minimum atomic E-state index is -0.690. The first-order valence-corrected chi connectivity index (χ1v) is 7.41. The van der Waals surface area contributed by atoms with E-state index in [1.165, 1.54) is 0 Å². The van der Waals surface area contributed by atoms with E-state index in [1.807, 2.05) is 36.5 Å². The van der Waals surface area contributed by atoms with E-state index in [1.54, 1.807) is 10.9 Å². The predicted molar refractivity (Wildman–Crippen MR) is 85.5 cm³/mol. The molecule has 1 heterocycles. The van der Waals surface area contributed by atoms with Gasteiger partial charge in [0.05, 0.1) is 12.1 Å². The van der Waals surface area contributed by atoms with Crippen LogP contribution in [-0.2, 0) is 17.8 Å². The Bertz CT molecular complexity index is 827. The number of halogens is 2. The second kappa shape index (κ2) is 7.04. The van der Waals surface area contributed by atoms with Gasteiger partial charge in [-0.15, -0.1) is 0 Å². The van der Waals surface area contributed by atoms with Crippen molar-refractivity contribution in [3.63, 3.8) is 0 Å². The number of rotatable bonds is 5. The highest BCUT2D eigenvalue weighted by Gasteiger charge is 2.07. The van der Waals surface area contributed by atoms with Crippen molar-refractivity contribution in [2.45, 2.75) is 13.0 Å². The number of carbonyl (C=O) groups excluding carboxylic acids is 1. The second-order valence-corrected chi connectivity index (χ2v) is 5.35. The summed E-state index contributed by atoms with van der Waals surface area (Å²) in [6, 6.07) is 12.5. The van der Waals surface area contributed by atoms with Gasteiger partial charge in [-0.3, -0.25) is 4.79 Å². The molecule has 0 radical (unpaired) electrons. The lowest BCUT2D eigenvalue weighted by atomic mass is 10.1. The van der Waals surface area contributed by atoms with Gasteiger partial charge >= 0.3 is 0 Å². The number of nitrogens with one attached hydrogen (secondary N) is 1. The quantitative estimate of drug-likeness (QED) is 0.783. The Balaban J connectivity index is 1.61. The molecule has 0 unspecified atom stereocenters. The van der Waals surface area contributed by atoms with E-state index in [-0.39, 0.29) is 12.3 Å². The highest BCUT2D eigenvalue weighted by atomic mass is 19.1. The molecule has 0 atom stereocenters. The molecular weight excluding hydrogens is 312 g/mol. The van der Waals surface area contributed by atoms with Crippen LogP contribution in [0.4, 0.5) is 8.78 Å². The molecule has 0 aliphatic heterocycles. The molecule has 0 saturated heterocycles. The third kappa shape index (κ3) is 4.04. The van der Waals surface area contributed by atoms with Crippen molar-refractivity contribution >= 4 is 5.91 Å². The van der Waals surface area contributed by atoms with Crippen LogP contribution in [0.15, 0.2) is 60.9 Å². The first kappa shape index (κ1) is 15.9. The summed E-state index contributed by atoms with van der Waals surface area (Å²) in [6.45, 7) is 0.325. The smallest absolute Gasteiger partial charge is 0.224 e. The Labute approximate surface area is 137 Å². The topological polar surface area (TPSA) is 46.9 Å². The zero-order chi connectivity index (χ0) is 16.9. The van der Waals surface area contributed by atoms with E-state index < -0.39 is 11.6 Å². The number of hydrogen-bond acceptors (Lipinski definition) is 2. The molecule has 4 nitrogen and oxygen atoms in total. The van der Waals surface area contributed by atoms with E-state index in [9.17, 15) is 13.6 Å². The van der Waals surface area contributed by atoms with Crippen LogP contribution in [0.2, 0.25) is 0 Å². The van der Waals surface area contributed by atoms with Crippen molar-refractivity contribution in [3.05, 3.63) is 83.7 Å². The van der Waals surface area contributed by atoms with Gasteiger partial charge in [0.2, 0.25) is 5.91 Å². The van der Waals surface area contributed by atoms with Crippen LogP contribution in [0, 0.1) is 11.6 Å². The fourth-order valence-corrected chi connectivity index (χ4v) is 2.39. The summed E-state index contributed by atoms with van der Waals surface area (Å²) in [7, 11) is 0. The van der Waals surface area contributed by atoms with Crippen molar-refractivity contribution in [3.8, 4) is 5.69 Å². The molecule has 1 N–H and O–H groups in total. The molecule has 0 saturated carbocycles. The van der Waals surface area contributed by atoms with Crippen molar-refractivity contribution in [1.29, 1.82) is 0 Å². The molecule has 2 aromatic carbocycles. The van der Waals surface area contributed by atoms with Crippen LogP contribution in [0.3, 0.4) is 0 Å². The maximum Gasteiger partial charge on any atom is 0.224 e. The Hall–Kier alpha value is -3.02. The Morgan fingerprint density at radius 1 is 1.04 bits per heavy atom. The number of aromatic nitrogens is 2. The molecule has 3 aromatic rings. The maximum atomic E-state index is 13.1. The zero-order valence-electron chi connectivity index (χ0n) is 12.7. The second-order valence-electron chi connectivity index (χ2n) is 5.35. The minimum absolute atomic E-state index is 0.0759. The van der Waals surface area contributed by atoms with Crippen LogP contribution >= 0.6 is 0 Å². The van der Waals surface area contributed by atoms with Gasteiger partial charge in [-0.2, -0.15) is 5.10 Å². The normalized spacial score (nSPS) is 10.6. The summed E-state index contributed by atoms with van der Waals surface area (Å²) in [4.78, 5) is 11.9. The largest absolute Gasteiger partial charge is 0.352 e. The monoisotopic (exact) mass is 327 g/mol. The van der Waals surface area contributed by atoms with Crippen molar-refractivity contribution in [2.24, 2.45) is 0 Å². The van der Waals surface area contributed by atoms with Gasteiger partial charge in [-0.1, -0.05) is 12.1 Å². The predicted octanol–water partition coefficient (Wildman–Crippen LogP) is 3.01. The molecular formula is C18H15F2N3O. The molecule has 0 bridgehead atoms. The van der Waals surface area contributed by atoms with Crippen LogP contribution in [0.25, 0.3) is 5.69 Å². The van der Waals surface area contributed by atoms with E-state index >= 15 is 0 Å². The van der Waals surface area contributed by atoms with Crippen molar-refractivity contribution in [2.75, 3.05) is 0 Å². The molecule has 1 amide bonds. The molecule has 0 spiro atoms. The summed E-state index contributed by atoms with van der Waals surface area (Å²) in [5, 5.41) is 6.90. The first-order chi connectivity index (χ1) is 11.6. The molecule has 0 aliphatic carbocycles. The summed E-state index contributed by atoms with van der Waals surface area (Å²) < 4.78 is 28.0. The van der Waals surface area contributed by atoms with Gasteiger partial charge in [0, 0.05) is 25.0 Å². The number of amides is 1. The third-order valence-corrected chi connectivity index (χ3v) is 3.46. The van der Waals surface area contributed by atoms with Gasteiger partial charge in [-0.05, 0) is 41.5 Å². The highest BCUT2D eigenvalue weighted by molar-refractivity contribution is 5.78. The average Bonchev–Trinajstić information content (AvgIpc) is 3.07. The molecule has 0 aliphatic rings. The standard InChI is InChI=1S/C18H15F2N3O/c19-15-7-14(8-16(20)11-15)10-18(24)21-12-13-3-1-4-17(9-13)23-6-2-5-22-23/h1-9,11H,10,12H2,(H,21,24). The summed E-state index contributed by atoms with van der Waals surface area (Å²) in [5.74, 6) is -1.68. The highest BCUT2D eigenvalue weighted by Crippen LogP contribution is 2.11. The first-order valence-electron chi connectivity index (χ1n) is 7.41. The number of benzene rings is 2. The Kier molecular flexibility index (Phi) is 4.65. The number of hydrogen-bond donors (Lipinski definition) is 1. The Morgan fingerprint density at radius 2 is 1.83 bits per heavy atom. The van der Waals surface area contributed by atoms with Crippen molar-refractivity contribution in [1.82, 2.24) is 15.1 Å². The van der Waals surface area contributed by atoms with Crippen molar-refractivity contribution < 1.29 is 13.6 Å². The molecule has 6 heteroatoms. The van der Waals surface area contributed by atoms with Crippen LogP contribution in [-0.4, -0.2) is 15.7 Å². The lowest BCUT2D eigenvalue weighted by Gasteiger charge is -2.08. The summed E-state index contributed by atoms with van der Waals surface area (Å²) in [6.07, 6.45) is 3.44. The van der Waals surface area contributed by atoms with E-state index in [0.717, 1.165) is 29.4 Å². The maximum absolute atomic E-state index is 13.1. The van der Waals surface area contributed by atoms with E-state index in [2.05, 4.69) is 10.4 Å². The molecule has 122 valence electrons. The van der Waals surface area contributed by atoms with E-state index in [4.69, 9.17) is 0 Å². The SMILES string of the molecule is O=C(Cc1cc(F)cc(F)c1)NCc1cccc(-n2cccn2)c1. The lowest BCUT2D eigenvalue weighted by molar-refractivity contribution is -0.120. The lowest BCUT2D eigenvalue weighted by Crippen LogP contribution is -2.24. The van der Waals surface area contributed by atoms with Gasteiger partial charge < -0.3 is 5.32 Å². The zero-order valence-corrected chi connectivity index (χ0v) is 12.7. The average molecular weight is 327 g/mol. The fourth-order valence-electron chi connectivity index (χ4n) is 2.39.